The molecule has 1 aliphatic rings. The molecule has 0 aromatic heterocycles. The summed E-state index contributed by atoms with van der Waals surface area (Å²) in [5.41, 5.74) is 2.62. The maximum absolute atomic E-state index is 12.9. The quantitative estimate of drug-likeness (QED) is 0.207. The second kappa shape index (κ2) is 11.3. The van der Waals surface area contributed by atoms with Gasteiger partial charge in [-0.25, -0.2) is 0 Å². The van der Waals surface area contributed by atoms with Gasteiger partial charge in [0.05, 0.1) is 0 Å². The fraction of sp³-hybridized carbons (Fsp3) is 0.107. The van der Waals surface area contributed by atoms with E-state index in [9.17, 15) is 9.59 Å². The first-order chi connectivity index (χ1) is 17.0. The fourth-order valence-corrected chi connectivity index (χ4v) is 3.72. The van der Waals surface area contributed by atoms with Crippen molar-refractivity contribution >= 4 is 35.2 Å². The van der Waals surface area contributed by atoms with Crippen LogP contribution >= 0.6 is 12.2 Å². The largest absolute Gasteiger partial charge is 0.485 e. The predicted octanol–water partition coefficient (Wildman–Crippen LogP) is 4.66. The zero-order valence-corrected chi connectivity index (χ0v) is 19.8. The van der Waals surface area contributed by atoms with Crippen LogP contribution in [-0.2, 0) is 22.8 Å². The average Bonchev–Trinajstić information content (AvgIpc) is 2.88. The van der Waals surface area contributed by atoms with Crippen molar-refractivity contribution in [1.82, 2.24) is 10.2 Å². The van der Waals surface area contributed by atoms with Crippen molar-refractivity contribution in [2.75, 3.05) is 6.54 Å². The van der Waals surface area contributed by atoms with E-state index in [1.54, 1.807) is 24.3 Å². The van der Waals surface area contributed by atoms with Gasteiger partial charge in [-0.2, -0.15) is 0 Å². The standard InChI is InChI=1S/C28H24N2O4S/c1-2-15-30-27(32)23(26(31)29-28(30)35)16-22-13-14-24(33-18-20-9-5-3-6-10-20)25(17-22)34-19-21-11-7-4-8-12-21/h2-14,16-17H,1,15,18-19H2,(H,29,31,35)/b23-16+. The van der Waals surface area contributed by atoms with Crippen LogP contribution in [0, 0.1) is 0 Å². The Morgan fingerprint density at radius 3 is 2.06 bits per heavy atom. The van der Waals surface area contributed by atoms with Gasteiger partial charge in [-0.3, -0.25) is 19.8 Å². The highest BCUT2D eigenvalue weighted by atomic mass is 32.1. The van der Waals surface area contributed by atoms with Crippen molar-refractivity contribution in [3.05, 3.63) is 114 Å². The smallest absolute Gasteiger partial charge is 0.265 e. The molecule has 1 aliphatic heterocycles. The molecule has 1 heterocycles. The molecule has 0 radical (unpaired) electrons. The van der Waals surface area contributed by atoms with E-state index < -0.39 is 11.8 Å². The summed E-state index contributed by atoms with van der Waals surface area (Å²) < 4.78 is 12.1. The molecule has 1 saturated heterocycles. The van der Waals surface area contributed by atoms with E-state index in [-0.39, 0.29) is 17.2 Å². The van der Waals surface area contributed by atoms with Crippen molar-refractivity contribution in [1.29, 1.82) is 0 Å². The molecule has 35 heavy (non-hydrogen) atoms. The van der Waals surface area contributed by atoms with Crippen LogP contribution in [0.25, 0.3) is 6.08 Å². The van der Waals surface area contributed by atoms with Gasteiger partial charge in [0.2, 0.25) is 0 Å². The molecule has 0 spiro atoms. The monoisotopic (exact) mass is 484 g/mol. The molecule has 1 fully saturated rings. The number of nitrogens with one attached hydrogen (secondary N) is 1. The Labute approximate surface area is 209 Å². The minimum Gasteiger partial charge on any atom is -0.485 e. The lowest BCUT2D eigenvalue weighted by atomic mass is 10.1. The van der Waals surface area contributed by atoms with Gasteiger partial charge in [0.15, 0.2) is 16.6 Å². The first kappa shape index (κ1) is 23.9. The molecule has 0 atom stereocenters. The summed E-state index contributed by atoms with van der Waals surface area (Å²) in [7, 11) is 0. The lowest BCUT2D eigenvalue weighted by molar-refractivity contribution is -0.128. The molecule has 0 bridgehead atoms. The molecule has 6 nitrogen and oxygen atoms in total. The Hall–Kier alpha value is -4.23. The molecular formula is C28H24N2O4S. The summed E-state index contributed by atoms with van der Waals surface area (Å²) in [6, 6.07) is 24.9. The molecule has 1 N–H and O–H groups in total. The highest BCUT2D eigenvalue weighted by Gasteiger charge is 2.32. The molecular weight excluding hydrogens is 460 g/mol. The number of hydrogen-bond acceptors (Lipinski definition) is 5. The van der Waals surface area contributed by atoms with E-state index in [2.05, 4.69) is 11.9 Å². The zero-order chi connectivity index (χ0) is 24.6. The SMILES string of the molecule is C=CCN1C(=O)/C(=C/c2ccc(OCc3ccccc3)c(OCc3ccccc3)c2)C(=O)NC1=S. The maximum Gasteiger partial charge on any atom is 0.265 e. The molecule has 0 unspecified atom stereocenters. The van der Waals surface area contributed by atoms with Gasteiger partial charge in [-0.05, 0) is 47.1 Å². The Morgan fingerprint density at radius 2 is 1.46 bits per heavy atom. The van der Waals surface area contributed by atoms with Crippen LogP contribution in [-0.4, -0.2) is 28.4 Å². The number of ether oxygens (including phenoxy) is 2. The van der Waals surface area contributed by atoms with Crippen LogP contribution in [0.4, 0.5) is 0 Å². The summed E-state index contributed by atoms with van der Waals surface area (Å²) in [4.78, 5) is 26.7. The minimum atomic E-state index is -0.545. The Balaban J connectivity index is 1.61. The van der Waals surface area contributed by atoms with E-state index in [0.29, 0.717) is 30.3 Å². The van der Waals surface area contributed by atoms with E-state index in [1.165, 1.54) is 11.0 Å². The van der Waals surface area contributed by atoms with Crippen molar-refractivity contribution in [3.8, 4) is 11.5 Å². The molecule has 3 aromatic rings. The fourth-order valence-electron chi connectivity index (χ4n) is 3.47. The number of carbonyl (C=O) groups is 2. The molecule has 2 amide bonds. The Kier molecular flexibility index (Phi) is 7.70. The summed E-state index contributed by atoms with van der Waals surface area (Å²) >= 11 is 5.11. The number of carbonyl (C=O) groups excluding carboxylic acids is 2. The topological polar surface area (TPSA) is 67.9 Å². The first-order valence-electron chi connectivity index (χ1n) is 11.0. The van der Waals surface area contributed by atoms with Crippen LogP contribution in [0.1, 0.15) is 16.7 Å². The number of nitrogens with zero attached hydrogens (tertiary/aromatic N) is 1. The summed E-state index contributed by atoms with van der Waals surface area (Å²) in [6.07, 6.45) is 3.07. The number of rotatable bonds is 9. The van der Waals surface area contributed by atoms with Gasteiger partial charge in [-0.15, -0.1) is 6.58 Å². The first-order valence-corrected chi connectivity index (χ1v) is 11.4. The maximum atomic E-state index is 12.9. The van der Waals surface area contributed by atoms with Crippen LogP contribution in [0.15, 0.2) is 97.1 Å². The van der Waals surface area contributed by atoms with Gasteiger partial charge in [0.25, 0.3) is 11.8 Å². The van der Waals surface area contributed by atoms with Crippen LogP contribution in [0.3, 0.4) is 0 Å². The third kappa shape index (κ3) is 6.02. The normalized spacial score (nSPS) is 14.6. The average molecular weight is 485 g/mol. The lowest BCUT2D eigenvalue weighted by Gasteiger charge is -2.27. The van der Waals surface area contributed by atoms with E-state index in [1.807, 2.05) is 60.7 Å². The molecule has 0 aliphatic carbocycles. The summed E-state index contributed by atoms with van der Waals surface area (Å²) in [5, 5.41) is 2.62. The zero-order valence-electron chi connectivity index (χ0n) is 19.0. The van der Waals surface area contributed by atoms with Gasteiger partial charge in [0, 0.05) is 6.54 Å². The summed E-state index contributed by atoms with van der Waals surface area (Å²) in [6.45, 7) is 4.55. The highest BCUT2D eigenvalue weighted by molar-refractivity contribution is 7.80. The van der Waals surface area contributed by atoms with E-state index in [0.717, 1.165) is 11.1 Å². The Morgan fingerprint density at radius 1 is 0.857 bits per heavy atom. The van der Waals surface area contributed by atoms with Gasteiger partial charge in [-0.1, -0.05) is 72.8 Å². The Bertz CT molecular complexity index is 1270. The third-order valence-electron chi connectivity index (χ3n) is 5.25. The third-order valence-corrected chi connectivity index (χ3v) is 5.57. The van der Waals surface area contributed by atoms with Crippen LogP contribution < -0.4 is 14.8 Å². The molecule has 176 valence electrons. The predicted molar refractivity (Wildman–Crippen MR) is 139 cm³/mol. The second-order valence-corrected chi connectivity index (χ2v) is 8.16. The lowest BCUT2D eigenvalue weighted by Crippen LogP contribution is -2.53. The van der Waals surface area contributed by atoms with Crippen molar-refractivity contribution in [3.63, 3.8) is 0 Å². The number of benzene rings is 3. The number of thiocarbonyl (C=S) groups is 1. The van der Waals surface area contributed by atoms with Crippen molar-refractivity contribution < 1.29 is 19.1 Å². The highest BCUT2D eigenvalue weighted by Crippen LogP contribution is 2.31. The van der Waals surface area contributed by atoms with Crippen LogP contribution in [0.5, 0.6) is 11.5 Å². The van der Waals surface area contributed by atoms with Crippen molar-refractivity contribution in [2.24, 2.45) is 0 Å². The number of hydrogen-bond donors (Lipinski definition) is 1. The molecule has 0 saturated carbocycles. The van der Waals surface area contributed by atoms with Gasteiger partial charge in [0.1, 0.15) is 18.8 Å². The van der Waals surface area contributed by atoms with Gasteiger partial charge >= 0.3 is 0 Å². The van der Waals surface area contributed by atoms with Crippen LogP contribution in [0.2, 0.25) is 0 Å². The van der Waals surface area contributed by atoms with E-state index in [4.69, 9.17) is 21.7 Å². The molecule has 4 rings (SSSR count). The van der Waals surface area contributed by atoms with Crippen molar-refractivity contribution in [2.45, 2.75) is 13.2 Å². The minimum absolute atomic E-state index is 0.0209. The summed E-state index contributed by atoms with van der Waals surface area (Å²) in [5.74, 6) is 0.0355. The second-order valence-electron chi connectivity index (χ2n) is 7.78. The molecule has 7 heteroatoms. The number of amides is 2. The van der Waals surface area contributed by atoms with Gasteiger partial charge < -0.3 is 9.47 Å². The molecule has 3 aromatic carbocycles. The van der Waals surface area contributed by atoms with E-state index >= 15 is 0 Å².